The molecule has 0 fully saturated rings. The Hall–Kier alpha value is -2.29. The maximum absolute atomic E-state index is 13.4. The number of benzene rings is 2. The van der Waals surface area contributed by atoms with Gasteiger partial charge in [0.15, 0.2) is 0 Å². The van der Waals surface area contributed by atoms with E-state index in [4.69, 9.17) is 23.2 Å². The molecule has 0 aliphatic rings. The Morgan fingerprint density at radius 3 is 2.16 bits per heavy atom. The first-order chi connectivity index (χ1) is 14.9. The first-order valence-electron chi connectivity index (χ1n) is 9.85. The second-order valence-corrected chi connectivity index (χ2v) is 10.3. The van der Waals surface area contributed by atoms with E-state index < -0.39 is 34.4 Å². The molecule has 0 heterocycles. The van der Waals surface area contributed by atoms with Crippen LogP contribution in [0.1, 0.15) is 23.6 Å². The minimum absolute atomic E-state index is 0.0591. The van der Waals surface area contributed by atoms with Crippen molar-refractivity contribution in [3.63, 3.8) is 0 Å². The van der Waals surface area contributed by atoms with E-state index in [1.807, 2.05) is 13.8 Å². The minimum Gasteiger partial charge on any atom is -0.357 e. The fourth-order valence-corrected chi connectivity index (χ4v) is 4.50. The second-order valence-electron chi connectivity index (χ2n) is 7.55. The molecule has 0 aromatic heterocycles. The number of likely N-dealkylation sites (N-methyl/N-ethyl adjacent to an activating group) is 1. The number of rotatable bonds is 8. The molecule has 2 amide bonds. The van der Waals surface area contributed by atoms with Gasteiger partial charge in [0.1, 0.15) is 12.6 Å². The van der Waals surface area contributed by atoms with E-state index >= 15 is 0 Å². The van der Waals surface area contributed by atoms with Crippen molar-refractivity contribution in [3.05, 3.63) is 63.1 Å². The number of anilines is 1. The Balaban J connectivity index is 2.46. The molecule has 0 aliphatic carbocycles. The number of carbonyl (C=O) groups excluding carboxylic acids is 2. The largest absolute Gasteiger partial charge is 0.357 e. The molecule has 0 radical (unpaired) electrons. The van der Waals surface area contributed by atoms with Crippen LogP contribution in [-0.4, -0.2) is 51.0 Å². The summed E-state index contributed by atoms with van der Waals surface area (Å²) in [6.45, 7) is 4.79. The summed E-state index contributed by atoms with van der Waals surface area (Å²) in [5, 5.41) is 3.20. The molecule has 32 heavy (non-hydrogen) atoms. The van der Waals surface area contributed by atoms with Crippen LogP contribution in [0, 0.1) is 13.8 Å². The molecule has 2 aromatic rings. The van der Waals surface area contributed by atoms with Crippen LogP contribution >= 0.6 is 23.2 Å². The summed E-state index contributed by atoms with van der Waals surface area (Å²) in [5.74, 6) is -0.973. The fourth-order valence-electron chi connectivity index (χ4n) is 3.14. The third kappa shape index (κ3) is 6.15. The standard InChI is InChI=1S/C22H27Cl2N3O4S/c1-14-9-10-17(11-15(14)2)27(32(5,30)31)13-21(28)26(16(3)22(29)25-4)12-18-19(23)7-6-8-20(18)24/h6-11,16H,12-13H2,1-5H3,(H,25,29)/t16-/m1/s1. The Morgan fingerprint density at radius 2 is 1.66 bits per heavy atom. The third-order valence-electron chi connectivity index (χ3n) is 5.26. The van der Waals surface area contributed by atoms with Crippen molar-refractivity contribution >= 4 is 50.7 Å². The lowest BCUT2D eigenvalue weighted by Gasteiger charge is -2.31. The number of aryl methyl sites for hydroxylation is 2. The lowest BCUT2D eigenvalue weighted by Crippen LogP contribution is -2.50. The van der Waals surface area contributed by atoms with Crippen LogP contribution in [0.25, 0.3) is 0 Å². The van der Waals surface area contributed by atoms with Crippen LogP contribution in [0.15, 0.2) is 36.4 Å². The SMILES string of the molecule is CNC(=O)[C@@H](C)N(Cc1c(Cl)cccc1Cl)C(=O)CN(c1ccc(C)c(C)c1)S(C)(=O)=O. The van der Waals surface area contributed by atoms with E-state index in [9.17, 15) is 18.0 Å². The summed E-state index contributed by atoms with van der Waals surface area (Å²) in [6.07, 6.45) is 1.03. The molecule has 1 atom stereocenters. The highest BCUT2D eigenvalue weighted by atomic mass is 35.5. The van der Waals surface area contributed by atoms with Gasteiger partial charge in [-0.15, -0.1) is 0 Å². The summed E-state index contributed by atoms with van der Waals surface area (Å²) < 4.78 is 26.1. The first kappa shape index (κ1) is 26.0. The maximum atomic E-state index is 13.4. The van der Waals surface area contributed by atoms with Crippen molar-refractivity contribution < 1.29 is 18.0 Å². The van der Waals surface area contributed by atoms with E-state index in [1.165, 1.54) is 11.9 Å². The minimum atomic E-state index is -3.78. The van der Waals surface area contributed by atoms with Crippen LogP contribution in [0.2, 0.25) is 10.0 Å². The van der Waals surface area contributed by atoms with Crippen LogP contribution in [-0.2, 0) is 26.2 Å². The van der Waals surface area contributed by atoms with Gasteiger partial charge in [0.05, 0.1) is 11.9 Å². The van der Waals surface area contributed by atoms with Gasteiger partial charge >= 0.3 is 0 Å². The molecule has 1 N–H and O–H groups in total. The van der Waals surface area contributed by atoms with E-state index in [-0.39, 0.29) is 6.54 Å². The van der Waals surface area contributed by atoms with Gasteiger partial charge in [-0.2, -0.15) is 0 Å². The molecule has 0 unspecified atom stereocenters. The Bertz CT molecular complexity index is 1100. The number of halogens is 2. The highest BCUT2D eigenvalue weighted by molar-refractivity contribution is 7.92. The normalized spacial score (nSPS) is 12.2. The van der Waals surface area contributed by atoms with E-state index in [0.717, 1.165) is 21.7 Å². The predicted molar refractivity (Wildman–Crippen MR) is 129 cm³/mol. The number of nitrogens with one attached hydrogen (secondary N) is 1. The van der Waals surface area contributed by atoms with Crippen molar-refractivity contribution in [2.45, 2.75) is 33.4 Å². The monoisotopic (exact) mass is 499 g/mol. The maximum Gasteiger partial charge on any atom is 0.244 e. The van der Waals surface area contributed by atoms with Crippen molar-refractivity contribution in [2.75, 3.05) is 24.2 Å². The summed E-state index contributed by atoms with van der Waals surface area (Å²) >= 11 is 12.5. The van der Waals surface area contributed by atoms with Gasteiger partial charge in [0, 0.05) is 29.2 Å². The van der Waals surface area contributed by atoms with E-state index in [0.29, 0.717) is 21.3 Å². The number of sulfonamides is 1. The number of hydrogen-bond donors (Lipinski definition) is 1. The Labute approximate surface area is 199 Å². The average Bonchev–Trinajstić information content (AvgIpc) is 2.72. The van der Waals surface area contributed by atoms with Crippen LogP contribution in [0.5, 0.6) is 0 Å². The topological polar surface area (TPSA) is 86.8 Å². The van der Waals surface area contributed by atoms with E-state index in [2.05, 4.69) is 5.32 Å². The number of amides is 2. The molecule has 0 saturated heterocycles. The van der Waals surface area contributed by atoms with Gasteiger partial charge in [0.25, 0.3) is 0 Å². The summed E-state index contributed by atoms with van der Waals surface area (Å²) in [6, 6.07) is 9.20. The molecule has 7 nitrogen and oxygen atoms in total. The van der Waals surface area contributed by atoms with Crippen molar-refractivity contribution in [1.82, 2.24) is 10.2 Å². The van der Waals surface area contributed by atoms with Crippen LogP contribution in [0.3, 0.4) is 0 Å². The van der Waals surface area contributed by atoms with Crippen molar-refractivity contribution in [3.8, 4) is 0 Å². The number of hydrogen-bond acceptors (Lipinski definition) is 4. The number of nitrogens with zero attached hydrogens (tertiary/aromatic N) is 2. The average molecular weight is 500 g/mol. The molecule has 2 rings (SSSR count). The van der Waals surface area contributed by atoms with Gasteiger partial charge in [-0.05, 0) is 56.2 Å². The van der Waals surface area contributed by atoms with Gasteiger partial charge in [-0.1, -0.05) is 35.3 Å². The smallest absolute Gasteiger partial charge is 0.244 e. The Morgan fingerprint density at radius 1 is 1.06 bits per heavy atom. The predicted octanol–water partition coefficient (Wildman–Crippen LogP) is 3.54. The zero-order chi connectivity index (χ0) is 24.2. The molecule has 0 spiro atoms. The Kier molecular flexibility index (Phi) is 8.56. The van der Waals surface area contributed by atoms with Crippen molar-refractivity contribution in [2.24, 2.45) is 0 Å². The van der Waals surface area contributed by atoms with Gasteiger partial charge in [-0.3, -0.25) is 13.9 Å². The molecule has 0 aliphatic heterocycles. The van der Waals surface area contributed by atoms with Gasteiger partial charge in [0.2, 0.25) is 21.8 Å². The van der Waals surface area contributed by atoms with Crippen LogP contribution < -0.4 is 9.62 Å². The summed E-state index contributed by atoms with van der Waals surface area (Å²) in [5.41, 5.74) is 2.73. The van der Waals surface area contributed by atoms with E-state index in [1.54, 1.807) is 43.3 Å². The van der Waals surface area contributed by atoms with Crippen LogP contribution in [0.4, 0.5) is 5.69 Å². The molecule has 174 valence electrons. The zero-order valence-electron chi connectivity index (χ0n) is 18.6. The molecular formula is C22H27Cl2N3O4S. The highest BCUT2D eigenvalue weighted by Crippen LogP contribution is 2.27. The lowest BCUT2D eigenvalue weighted by molar-refractivity contribution is -0.139. The summed E-state index contributed by atoms with van der Waals surface area (Å²) in [4.78, 5) is 27.0. The molecule has 2 aromatic carbocycles. The highest BCUT2D eigenvalue weighted by Gasteiger charge is 2.30. The first-order valence-corrected chi connectivity index (χ1v) is 12.5. The second kappa shape index (κ2) is 10.6. The molecule has 0 bridgehead atoms. The third-order valence-corrected chi connectivity index (χ3v) is 7.11. The molecular weight excluding hydrogens is 473 g/mol. The summed E-state index contributed by atoms with van der Waals surface area (Å²) in [7, 11) is -2.32. The molecule has 0 saturated carbocycles. The van der Waals surface area contributed by atoms with Gasteiger partial charge < -0.3 is 10.2 Å². The van der Waals surface area contributed by atoms with Gasteiger partial charge in [-0.25, -0.2) is 8.42 Å². The number of carbonyl (C=O) groups is 2. The zero-order valence-corrected chi connectivity index (χ0v) is 21.0. The molecule has 10 heteroatoms. The lowest BCUT2D eigenvalue weighted by atomic mass is 10.1. The quantitative estimate of drug-likeness (QED) is 0.601. The van der Waals surface area contributed by atoms with Crippen molar-refractivity contribution in [1.29, 1.82) is 0 Å². The fraction of sp³-hybridized carbons (Fsp3) is 0.364.